The number of rotatable bonds is 12. The molecule has 1 saturated carbocycles. The third-order valence-electron chi connectivity index (χ3n) is 8.54. The maximum atomic E-state index is 12.4. The van der Waals surface area contributed by atoms with Crippen LogP contribution in [-0.2, 0) is 30.1 Å². The fraction of sp³-hybridized carbons (Fsp3) is 0.371. The van der Waals surface area contributed by atoms with Crippen LogP contribution in [0.15, 0.2) is 81.4 Å². The summed E-state index contributed by atoms with van der Waals surface area (Å²) >= 11 is 5.94. The second kappa shape index (κ2) is 19.8. The summed E-state index contributed by atoms with van der Waals surface area (Å²) in [6, 6.07) is 17.0. The van der Waals surface area contributed by atoms with Gasteiger partial charge in [-0.25, -0.2) is 30.4 Å². The number of sulfonamides is 3. The molecule has 1 fully saturated rings. The van der Waals surface area contributed by atoms with Gasteiger partial charge in [0.1, 0.15) is 28.3 Å². The Bertz CT molecular complexity index is 2290. The van der Waals surface area contributed by atoms with Crippen molar-refractivity contribution in [1.29, 1.82) is 0 Å². The smallest absolute Gasteiger partial charge is 0.321 e. The molecule has 1 aliphatic carbocycles. The van der Waals surface area contributed by atoms with Gasteiger partial charge in [0, 0.05) is 11.8 Å². The van der Waals surface area contributed by atoms with E-state index in [1.165, 1.54) is 63.5 Å². The molecule has 9 N–H and O–H groups in total. The minimum Gasteiger partial charge on any atom is -0.491 e. The molecule has 2 aliphatic rings. The molecule has 4 aromatic rings. The van der Waals surface area contributed by atoms with E-state index in [0.717, 1.165) is 30.2 Å². The van der Waals surface area contributed by atoms with Crippen LogP contribution in [0.1, 0.15) is 37.7 Å². The molecule has 312 valence electrons. The Hall–Kier alpha value is -4.48. The Morgan fingerprint density at radius 3 is 2.26 bits per heavy atom. The summed E-state index contributed by atoms with van der Waals surface area (Å²) in [6.07, 6.45) is 3.99. The molecule has 22 heteroatoms. The van der Waals surface area contributed by atoms with Crippen molar-refractivity contribution in [3.8, 4) is 17.6 Å². The maximum Gasteiger partial charge on any atom is 0.321 e. The van der Waals surface area contributed by atoms with Gasteiger partial charge in [0.25, 0.3) is 10.0 Å². The first kappa shape index (κ1) is 45.2. The third kappa shape index (κ3) is 13.0. The predicted octanol–water partition coefficient (Wildman–Crippen LogP) is 3.20. The number of nitrogens with one attached hydrogen (secondary N) is 3. The highest BCUT2D eigenvalue weighted by Gasteiger charge is 2.33. The maximum absolute atomic E-state index is 12.4. The predicted molar refractivity (Wildman–Crippen MR) is 214 cm³/mol. The average Bonchev–Trinajstić information content (AvgIpc) is 3.66. The number of aryl methyl sites for hydroxylation is 1. The van der Waals surface area contributed by atoms with Crippen molar-refractivity contribution in [3.63, 3.8) is 0 Å². The molecule has 6 rings (SSSR count). The molecule has 2 heterocycles. The van der Waals surface area contributed by atoms with Crippen molar-refractivity contribution in [2.24, 2.45) is 11.1 Å². The Kier molecular flexibility index (Phi) is 15.7. The zero-order valence-corrected chi connectivity index (χ0v) is 34.5. The van der Waals surface area contributed by atoms with Crippen LogP contribution in [0.5, 0.6) is 17.6 Å². The SMILES string of the molecule is COc1cc(NS(=O)(=O)c2ccc(N)cc2)nc(OC)n1.Cc1ccccc1OCC(O)CO.NS(=O)(=O)c1cc2c(cc1Cl)NC(CC1CCCC1)NS2(=O)=O. The van der Waals surface area contributed by atoms with Crippen LogP contribution >= 0.6 is 11.6 Å². The molecule has 2 atom stereocenters. The first-order valence-corrected chi connectivity index (χ1v) is 22.2. The van der Waals surface area contributed by atoms with Crippen molar-refractivity contribution in [2.75, 3.05) is 43.2 Å². The van der Waals surface area contributed by atoms with Crippen molar-refractivity contribution < 1.29 is 49.7 Å². The molecule has 0 saturated heterocycles. The number of ether oxygens (including phenoxy) is 3. The summed E-state index contributed by atoms with van der Waals surface area (Å²) < 4.78 is 92.3. The molecule has 0 spiro atoms. The van der Waals surface area contributed by atoms with Crippen molar-refractivity contribution in [1.82, 2.24) is 14.7 Å². The van der Waals surface area contributed by atoms with Crippen LogP contribution in [0.25, 0.3) is 0 Å². The van der Waals surface area contributed by atoms with Crippen molar-refractivity contribution in [2.45, 2.75) is 66.0 Å². The molecule has 1 aromatic heterocycles. The van der Waals surface area contributed by atoms with E-state index >= 15 is 0 Å². The topological polar surface area (TPSA) is 284 Å². The molecule has 57 heavy (non-hydrogen) atoms. The number of benzene rings is 3. The van der Waals surface area contributed by atoms with Gasteiger partial charge in [0.2, 0.25) is 25.9 Å². The zero-order valence-electron chi connectivity index (χ0n) is 31.3. The van der Waals surface area contributed by atoms with Crippen molar-refractivity contribution in [3.05, 3.63) is 77.3 Å². The Balaban J connectivity index is 0.000000197. The standard InChI is InChI=1S/C13H18ClN3O4S2.C12H14N4O4S.C10H14O3/c14-9-6-10-12(7-11(9)22(15,18)19)23(20,21)17-13(16-10)5-8-3-1-2-4-8;1-19-11-7-10(14-12(15-11)20-2)16-21(17,18)9-5-3-8(13)4-6-9;1-8-4-2-3-5-10(8)13-7-9(12)6-11/h6-8,13,16-17H,1-5H2,(H2,15,18,19);3-7H,13H2,1-2H3,(H,14,15,16);2-5,9,11-12H,6-7H2,1H3. The molecule has 0 radical (unpaired) electrons. The van der Waals surface area contributed by atoms with Gasteiger partial charge in [-0.05, 0) is 67.3 Å². The molecule has 1 aliphatic heterocycles. The fourth-order valence-electron chi connectivity index (χ4n) is 5.69. The highest BCUT2D eigenvalue weighted by Crippen LogP contribution is 2.36. The number of primary sulfonamides is 1. The van der Waals surface area contributed by atoms with Crippen LogP contribution in [0.3, 0.4) is 0 Å². The number of anilines is 3. The number of nitrogens with zero attached hydrogens (tertiary/aromatic N) is 2. The normalized spacial score (nSPS) is 16.6. The second-order valence-corrected chi connectivity index (χ2v) is 18.2. The lowest BCUT2D eigenvalue weighted by atomic mass is 10.0. The number of hydrogen-bond donors (Lipinski definition) is 7. The van der Waals surface area contributed by atoms with E-state index in [2.05, 4.69) is 24.7 Å². The summed E-state index contributed by atoms with van der Waals surface area (Å²) in [4.78, 5) is 7.28. The number of methoxy groups -OCH3 is 2. The zero-order chi connectivity index (χ0) is 42.0. The lowest BCUT2D eigenvalue weighted by molar-refractivity contribution is 0.0534. The number of halogens is 1. The second-order valence-electron chi connectivity index (χ2n) is 12.9. The summed E-state index contributed by atoms with van der Waals surface area (Å²) in [7, 11) is -8.94. The molecule has 3 aromatic carbocycles. The van der Waals surface area contributed by atoms with Gasteiger partial charge < -0.3 is 35.5 Å². The van der Waals surface area contributed by atoms with Gasteiger partial charge in [0.05, 0.1) is 42.6 Å². The van der Waals surface area contributed by atoms with Gasteiger partial charge in [-0.2, -0.15) is 14.7 Å². The van der Waals surface area contributed by atoms with Gasteiger partial charge in [-0.1, -0.05) is 55.5 Å². The van der Waals surface area contributed by atoms with E-state index in [9.17, 15) is 25.3 Å². The first-order chi connectivity index (χ1) is 26.8. The Morgan fingerprint density at radius 2 is 1.67 bits per heavy atom. The van der Waals surface area contributed by atoms with E-state index in [1.54, 1.807) is 0 Å². The van der Waals surface area contributed by atoms with Gasteiger partial charge >= 0.3 is 6.01 Å². The van der Waals surface area contributed by atoms with Gasteiger partial charge in [-0.3, -0.25) is 4.72 Å². The summed E-state index contributed by atoms with van der Waals surface area (Å²) in [5.41, 5.74) is 7.32. The fourth-order valence-corrected chi connectivity index (χ4v) is 9.20. The molecule has 0 bridgehead atoms. The number of hydrogen-bond acceptors (Lipinski definition) is 15. The lowest BCUT2D eigenvalue weighted by Crippen LogP contribution is -2.45. The lowest BCUT2D eigenvalue weighted by Gasteiger charge is -2.30. The molecular formula is C35H46ClN7O11S3. The number of nitrogen functional groups attached to an aromatic ring is 1. The van der Waals surface area contributed by atoms with Crippen LogP contribution in [0.4, 0.5) is 17.2 Å². The van der Waals surface area contributed by atoms with E-state index in [4.69, 9.17) is 46.9 Å². The number of nitrogens with two attached hydrogens (primary N) is 2. The number of fused-ring (bicyclic) bond motifs is 1. The van der Waals surface area contributed by atoms with Crippen LogP contribution < -0.4 is 39.8 Å². The first-order valence-electron chi connectivity index (χ1n) is 17.3. The average molecular weight is 872 g/mol. The quantitative estimate of drug-likeness (QED) is 0.101. The highest BCUT2D eigenvalue weighted by molar-refractivity contribution is 7.92. The van der Waals surface area contributed by atoms with E-state index in [0.29, 0.717) is 23.7 Å². The van der Waals surface area contributed by atoms with E-state index in [-0.39, 0.29) is 45.7 Å². The minimum atomic E-state index is -4.10. The van der Waals surface area contributed by atoms with Crippen LogP contribution in [0.2, 0.25) is 5.02 Å². The number of para-hydroxylation sites is 1. The molecular weight excluding hydrogens is 826 g/mol. The number of aliphatic hydroxyl groups excluding tert-OH is 2. The number of aromatic nitrogens is 2. The van der Waals surface area contributed by atoms with Crippen LogP contribution in [-0.4, -0.2) is 85.1 Å². The summed E-state index contributed by atoms with van der Waals surface area (Å²) in [6.45, 7) is 1.79. The molecule has 2 unspecified atom stereocenters. The third-order valence-corrected chi connectivity index (χ3v) is 12.8. The van der Waals surface area contributed by atoms with E-state index < -0.39 is 47.2 Å². The summed E-state index contributed by atoms with van der Waals surface area (Å²) in [5.74, 6) is 1.44. The number of aliphatic hydroxyl groups is 2. The van der Waals surface area contributed by atoms with Crippen LogP contribution in [0, 0.1) is 12.8 Å². The molecule has 18 nitrogen and oxygen atoms in total. The van der Waals surface area contributed by atoms with Gasteiger partial charge in [0.15, 0.2) is 5.82 Å². The largest absolute Gasteiger partial charge is 0.491 e. The van der Waals surface area contributed by atoms with E-state index in [1.807, 2.05) is 31.2 Å². The Morgan fingerprint density at radius 1 is 1.00 bits per heavy atom. The van der Waals surface area contributed by atoms with Gasteiger partial charge in [-0.15, -0.1) is 0 Å². The minimum absolute atomic E-state index is 0.00986. The molecule has 0 amide bonds. The highest BCUT2D eigenvalue weighted by atomic mass is 35.5. The Labute approximate surface area is 337 Å². The summed E-state index contributed by atoms with van der Waals surface area (Å²) in [5, 5.41) is 25.6. The van der Waals surface area contributed by atoms with Crippen molar-refractivity contribution >= 4 is 58.9 Å². The monoisotopic (exact) mass is 871 g/mol.